The second-order valence-electron chi connectivity index (χ2n) is 8.31. The Kier molecular flexibility index (Phi) is 6.82. The van der Waals surface area contributed by atoms with Crippen LogP contribution in [0.1, 0.15) is 31.2 Å². The van der Waals surface area contributed by atoms with Crippen molar-refractivity contribution in [3.8, 4) is 11.5 Å². The zero-order valence-electron chi connectivity index (χ0n) is 19.4. The lowest BCUT2D eigenvalue weighted by Gasteiger charge is -2.19. The molecule has 0 unspecified atom stereocenters. The minimum atomic E-state index is -0.172. The topological polar surface area (TPSA) is 85.7 Å². The lowest BCUT2D eigenvalue weighted by molar-refractivity contribution is -0.116. The summed E-state index contributed by atoms with van der Waals surface area (Å²) < 4.78 is 12.1. The fraction of sp³-hybridized carbons (Fsp3) is 0.400. The number of fused-ring (bicyclic) bond motifs is 1. The van der Waals surface area contributed by atoms with E-state index in [2.05, 4.69) is 27.3 Å². The molecule has 2 aromatic carbocycles. The number of rotatable bonds is 8. The second kappa shape index (κ2) is 9.94. The third kappa shape index (κ3) is 4.94. The summed E-state index contributed by atoms with van der Waals surface area (Å²) in [6.45, 7) is 4.60. The molecule has 1 fully saturated rings. The first-order valence-corrected chi connectivity index (χ1v) is 11.3. The van der Waals surface area contributed by atoms with Crippen molar-refractivity contribution in [1.29, 1.82) is 0 Å². The molecule has 2 heterocycles. The number of aryl methyl sites for hydroxylation is 2. The highest BCUT2D eigenvalue weighted by atomic mass is 16.5. The van der Waals surface area contributed by atoms with Gasteiger partial charge in [0.1, 0.15) is 0 Å². The van der Waals surface area contributed by atoms with Gasteiger partial charge < -0.3 is 19.7 Å². The number of methoxy groups -OCH3 is 2. The van der Waals surface area contributed by atoms with Gasteiger partial charge in [0.15, 0.2) is 11.5 Å². The monoisotopic (exact) mass is 450 g/mol. The van der Waals surface area contributed by atoms with Gasteiger partial charge in [-0.25, -0.2) is 4.98 Å². The Balaban J connectivity index is 1.37. The first-order valence-electron chi connectivity index (χ1n) is 11.3. The number of amides is 1. The third-order valence-corrected chi connectivity index (χ3v) is 6.09. The molecule has 0 aliphatic carbocycles. The number of anilines is 2. The lowest BCUT2D eigenvalue weighted by atomic mass is 10.1. The minimum Gasteiger partial charge on any atom is -0.493 e. The average Bonchev–Trinajstić information content (AvgIpc) is 3.36. The highest BCUT2D eigenvalue weighted by Crippen LogP contribution is 2.30. The molecule has 1 saturated heterocycles. The van der Waals surface area contributed by atoms with Crippen LogP contribution < -0.4 is 25.2 Å². The number of hydrogen-bond acceptors (Lipinski definition) is 6. The Morgan fingerprint density at radius 2 is 1.82 bits per heavy atom. The van der Waals surface area contributed by atoms with Crippen LogP contribution in [0.2, 0.25) is 0 Å². The molecule has 8 nitrogen and oxygen atoms in total. The van der Waals surface area contributed by atoms with E-state index in [4.69, 9.17) is 9.47 Å². The molecule has 3 aromatic rings. The molecule has 174 valence electrons. The van der Waals surface area contributed by atoms with Crippen molar-refractivity contribution in [1.82, 2.24) is 9.55 Å². The zero-order chi connectivity index (χ0) is 23.4. The number of benzene rings is 2. The van der Waals surface area contributed by atoms with Crippen LogP contribution in [0.4, 0.5) is 11.4 Å². The molecule has 0 saturated carbocycles. The van der Waals surface area contributed by atoms with Gasteiger partial charge in [-0.3, -0.25) is 14.2 Å². The SMILES string of the molecule is COc1cc2ncn(CCCC(=O)Nc3ccc(N4CCCC4)cc3C)c(=O)c2cc1OC. The summed E-state index contributed by atoms with van der Waals surface area (Å²) in [4.78, 5) is 32.1. The summed E-state index contributed by atoms with van der Waals surface area (Å²) in [6.07, 6.45) is 4.81. The van der Waals surface area contributed by atoms with Crippen LogP contribution in [0, 0.1) is 6.92 Å². The van der Waals surface area contributed by atoms with Crippen molar-refractivity contribution < 1.29 is 14.3 Å². The van der Waals surface area contributed by atoms with Crippen LogP contribution in [0.3, 0.4) is 0 Å². The van der Waals surface area contributed by atoms with Gasteiger partial charge >= 0.3 is 0 Å². The van der Waals surface area contributed by atoms with Crippen LogP contribution in [0.25, 0.3) is 10.9 Å². The van der Waals surface area contributed by atoms with Crippen LogP contribution >= 0.6 is 0 Å². The molecule has 0 radical (unpaired) electrons. The predicted octanol–water partition coefficient (Wildman–Crippen LogP) is 3.74. The van der Waals surface area contributed by atoms with Crippen LogP contribution in [-0.4, -0.2) is 42.8 Å². The van der Waals surface area contributed by atoms with Gasteiger partial charge in [-0.15, -0.1) is 0 Å². The van der Waals surface area contributed by atoms with Crippen molar-refractivity contribution >= 4 is 28.2 Å². The number of nitrogens with one attached hydrogen (secondary N) is 1. The molecule has 1 aliphatic heterocycles. The number of carbonyl (C=O) groups excluding carboxylic acids is 1. The van der Waals surface area contributed by atoms with Gasteiger partial charge in [0.05, 0.1) is 31.4 Å². The maximum absolute atomic E-state index is 12.9. The third-order valence-electron chi connectivity index (χ3n) is 6.09. The van der Waals surface area contributed by atoms with Gasteiger partial charge in [0.2, 0.25) is 5.91 Å². The van der Waals surface area contributed by atoms with E-state index >= 15 is 0 Å². The van der Waals surface area contributed by atoms with Crippen LogP contribution in [0.5, 0.6) is 11.5 Å². The van der Waals surface area contributed by atoms with E-state index in [9.17, 15) is 9.59 Å². The molecule has 0 atom stereocenters. The van der Waals surface area contributed by atoms with E-state index in [1.54, 1.807) is 19.2 Å². The van der Waals surface area contributed by atoms with E-state index in [0.717, 1.165) is 24.3 Å². The van der Waals surface area contributed by atoms with Gasteiger partial charge in [-0.2, -0.15) is 0 Å². The highest BCUT2D eigenvalue weighted by Gasteiger charge is 2.14. The lowest BCUT2D eigenvalue weighted by Crippen LogP contribution is -2.22. The fourth-order valence-electron chi connectivity index (χ4n) is 4.23. The average molecular weight is 451 g/mol. The van der Waals surface area contributed by atoms with Crippen molar-refractivity contribution in [2.24, 2.45) is 0 Å². The first kappa shape index (κ1) is 22.6. The Bertz CT molecular complexity index is 1210. The number of nitrogens with zero attached hydrogens (tertiary/aromatic N) is 3. The molecule has 1 N–H and O–H groups in total. The van der Waals surface area contributed by atoms with E-state index in [1.807, 2.05) is 13.0 Å². The largest absolute Gasteiger partial charge is 0.493 e. The molecule has 0 spiro atoms. The number of carbonyl (C=O) groups is 1. The summed E-state index contributed by atoms with van der Waals surface area (Å²) in [5.41, 5.74) is 3.45. The molecule has 0 bridgehead atoms. The molecule has 33 heavy (non-hydrogen) atoms. The fourth-order valence-corrected chi connectivity index (χ4v) is 4.23. The quantitative estimate of drug-likeness (QED) is 0.563. The molecule has 1 amide bonds. The molecule has 1 aromatic heterocycles. The minimum absolute atomic E-state index is 0.0692. The number of aromatic nitrogens is 2. The van der Waals surface area contributed by atoms with Crippen LogP contribution in [0.15, 0.2) is 41.5 Å². The zero-order valence-corrected chi connectivity index (χ0v) is 19.4. The van der Waals surface area contributed by atoms with Gasteiger partial charge in [-0.1, -0.05) is 0 Å². The maximum Gasteiger partial charge on any atom is 0.261 e. The standard InChI is InChI=1S/C25H30N4O4/c1-17-13-18(28-10-4-5-11-28)8-9-20(17)27-24(30)7-6-12-29-16-26-21-15-23(33-3)22(32-2)14-19(21)25(29)31/h8-9,13-16H,4-7,10-12H2,1-3H3,(H,27,30). The second-order valence-corrected chi connectivity index (χ2v) is 8.31. The van der Waals surface area contributed by atoms with E-state index < -0.39 is 0 Å². The van der Waals surface area contributed by atoms with Gasteiger partial charge in [0, 0.05) is 43.5 Å². The Labute approximate surface area is 193 Å². The summed E-state index contributed by atoms with van der Waals surface area (Å²) in [6, 6.07) is 9.49. The summed E-state index contributed by atoms with van der Waals surface area (Å²) >= 11 is 0. The van der Waals surface area contributed by atoms with Crippen molar-refractivity contribution in [2.45, 2.75) is 39.2 Å². The molecule has 8 heteroatoms. The van der Waals surface area contributed by atoms with Gasteiger partial charge in [-0.05, 0) is 56.0 Å². The van der Waals surface area contributed by atoms with Crippen molar-refractivity contribution in [3.63, 3.8) is 0 Å². The summed E-state index contributed by atoms with van der Waals surface area (Å²) in [7, 11) is 3.07. The predicted molar refractivity (Wildman–Crippen MR) is 130 cm³/mol. The Hall–Kier alpha value is -3.55. The van der Waals surface area contributed by atoms with Gasteiger partial charge in [0.25, 0.3) is 5.56 Å². The molecule has 1 aliphatic rings. The van der Waals surface area contributed by atoms with Crippen LogP contribution in [-0.2, 0) is 11.3 Å². The molecular weight excluding hydrogens is 420 g/mol. The van der Waals surface area contributed by atoms with Crippen molar-refractivity contribution in [2.75, 3.05) is 37.5 Å². The Morgan fingerprint density at radius 1 is 1.09 bits per heavy atom. The first-order chi connectivity index (χ1) is 16.0. The van der Waals surface area contributed by atoms with E-state index in [-0.39, 0.29) is 11.5 Å². The highest BCUT2D eigenvalue weighted by molar-refractivity contribution is 5.91. The number of hydrogen-bond donors (Lipinski definition) is 1. The maximum atomic E-state index is 12.9. The smallest absolute Gasteiger partial charge is 0.261 e. The van der Waals surface area contributed by atoms with Crippen molar-refractivity contribution in [3.05, 3.63) is 52.6 Å². The summed E-state index contributed by atoms with van der Waals surface area (Å²) in [5.74, 6) is 0.933. The Morgan fingerprint density at radius 3 is 2.52 bits per heavy atom. The molecular formula is C25H30N4O4. The number of ether oxygens (including phenoxy) is 2. The van der Waals surface area contributed by atoms with E-state index in [0.29, 0.717) is 41.8 Å². The summed E-state index contributed by atoms with van der Waals surface area (Å²) in [5, 5.41) is 3.45. The van der Waals surface area contributed by atoms with E-state index in [1.165, 1.54) is 36.5 Å². The normalized spacial score (nSPS) is 13.4. The molecule has 4 rings (SSSR count).